The standard InChI is InChI=1S/C26H37N3O5/c1-33-17-7-12-29-24(31)19-26(25(29)32,21-10-5-6-11-22(21)34-2)18-23(30)28-15-13-27(14-16-28)20-8-3-4-9-20/h5-6,10-11,20H,3-4,7-9,12-19H2,1-2H3. The summed E-state index contributed by atoms with van der Waals surface area (Å²) in [7, 11) is 3.14. The first kappa shape index (κ1) is 24.7. The molecule has 0 bridgehead atoms. The van der Waals surface area contributed by atoms with Crippen molar-refractivity contribution in [2.24, 2.45) is 0 Å². The number of likely N-dealkylation sites (tertiary alicyclic amines) is 1. The lowest BCUT2D eigenvalue weighted by Crippen LogP contribution is -2.53. The molecule has 8 nitrogen and oxygen atoms in total. The number of hydrogen-bond acceptors (Lipinski definition) is 6. The fourth-order valence-corrected chi connectivity index (χ4v) is 5.85. The summed E-state index contributed by atoms with van der Waals surface area (Å²) in [5, 5.41) is 0. The summed E-state index contributed by atoms with van der Waals surface area (Å²) in [6, 6.07) is 7.90. The predicted molar refractivity (Wildman–Crippen MR) is 128 cm³/mol. The van der Waals surface area contributed by atoms with Crippen LogP contribution in [-0.2, 0) is 24.5 Å². The first-order valence-corrected chi connectivity index (χ1v) is 12.5. The van der Waals surface area contributed by atoms with Crippen molar-refractivity contribution in [1.82, 2.24) is 14.7 Å². The molecule has 8 heteroatoms. The highest BCUT2D eigenvalue weighted by molar-refractivity contribution is 6.11. The van der Waals surface area contributed by atoms with E-state index < -0.39 is 5.41 Å². The number of nitrogens with zero attached hydrogens (tertiary/aromatic N) is 3. The Morgan fingerprint density at radius 1 is 1.06 bits per heavy atom. The van der Waals surface area contributed by atoms with E-state index in [1.54, 1.807) is 20.3 Å². The number of ether oxygens (including phenoxy) is 2. The second kappa shape index (κ2) is 10.9. The number of methoxy groups -OCH3 is 2. The zero-order valence-corrected chi connectivity index (χ0v) is 20.5. The number of amides is 3. The van der Waals surface area contributed by atoms with Gasteiger partial charge in [-0.1, -0.05) is 31.0 Å². The van der Waals surface area contributed by atoms with Crippen LogP contribution in [0.1, 0.15) is 50.5 Å². The van der Waals surface area contributed by atoms with Crippen molar-refractivity contribution in [2.45, 2.75) is 56.4 Å². The van der Waals surface area contributed by atoms with Crippen LogP contribution in [0.2, 0.25) is 0 Å². The molecule has 0 radical (unpaired) electrons. The molecule has 1 aromatic rings. The lowest BCUT2D eigenvalue weighted by atomic mass is 9.75. The number of para-hydroxylation sites is 1. The molecule has 0 aromatic heterocycles. The van der Waals surface area contributed by atoms with Crippen molar-refractivity contribution >= 4 is 17.7 Å². The smallest absolute Gasteiger partial charge is 0.241 e. The average Bonchev–Trinajstić information content (AvgIpc) is 3.48. The van der Waals surface area contributed by atoms with Gasteiger partial charge in [0.2, 0.25) is 17.7 Å². The summed E-state index contributed by atoms with van der Waals surface area (Å²) in [6.45, 7) is 3.82. The number of imide groups is 1. The zero-order valence-electron chi connectivity index (χ0n) is 20.5. The summed E-state index contributed by atoms with van der Waals surface area (Å²) in [5.74, 6) is -0.0972. The van der Waals surface area contributed by atoms with E-state index in [4.69, 9.17) is 9.47 Å². The molecule has 0 spiro atoms. The molecule has 1 aromatic carbocycles. The van der Waals surface area contributed by atoms with E-state index in [9.17, 15) is 14.4 Å². The molecule has 34 heavy (non-hydrogen) atoms. The minimum atomic E-state index is -1.24. The van der Waals surface area contributed by atoms with Gasteiger partial charge in [0.15, 0.2) is 0 Å². The minimum absolute atomic E-state index is 0.0209. The summed E-state index contributed by atoms with van der Waals surface area (Å²) in [4.78, 5) is 46.0. The molecule has 3 amide bonds. The van der Waals surface area contributed by atoms with Crippen molar-refractivity contribution in [1.29, 1.82) is 0 Å². The van der Waals surface area contributed by atoms with Gasteiger partial charge in [0.25, 0.3) is 0 Å². The average molecular weight is 472 g/mol. The lowest BCUT2D eigenvalue weighted by molar-refractivity contribution is -0.143. The molecule has 2 heterocycles. The third-order valence-electron chi connectivity index (χ3n) is 7.72. The highest BCUT2D eigenvalue weighted by Gasteiger charge is 2.55. The van der Waals surface area contributed by atoms with Gasteiger partial charge in [0, 0.05) is 70.9 Å². The van der Waals surface area contributed by atoms with Crippen LogP contribution >= 0.6 is 0 Å². The van der Waals surface area contributed by atoms with Crippen LogP contribution < -0.4 is 4.74 Å². The number of piperazine rings is 1. The molecule has 0 N–H and O–H groups in total. The summed E-state index contributed by atoms with van der Waals surface area (Å²) < 4.78 is 10.7. The maximum Gasteiger partial charge on any atom is 0.241 e. The minimum Gasteiger partial charge on any atom is -0.496 e. The van der Waals surface area contributed by atoms with Gasteiger partial charge >= 0.3 is 0 Å². The lowest BCUT2D eigenvalue weighted by Gasteiger charge is -2.39. The largest absolute Gasteiger partial charge is 0.496 e. The molecular weight excluding hydrogens is 434 g/mol. The van der Waals surface area contributed by atoms with Crippen molar-refractivity contribution in [3.05, 3.63) is 29.8 Å². The molecule has 1 atom stereocenters. The molecule has 3 aliphatic rings. The van der Waals surface area contributed by atoms with Gasteiger partial charge in [-0.3, -0.25) is 24.2 Å². The molecular formula is C26H37N3O5. The van der Waals surface area contributed by atoms with Gasteiger partial charge in [-0.25, -0.2) is 0 Å². The number of benzene rings is 1. The number of carbonyl (C=O) groups is 3. The first-order valence-electron chi connectivity index (χ1n) is 12.5. The fraction of sp³-hybridized carbons (Fsp3) is 0.654. The number of rotatable bonds is 9. The molecule has 1 saturated carbocycles. The van der Waals surface area contributed by atoms with E-state index >= 15 is 0 Å². The number of hydrogen-bond donors (Lipinski definition) is 0. The van der Waals surface area contributed by atoms with E-state index in [0.717, 1.165) is 13.1 Å². The maximum absolute atomic E-state index is 13.8. The van der Waals surface area contributed by atoms with E-state index in [1.807, 2.05) is 23.1 Å². The molecule has 3 fully saturated rings. The van der Waals surface area contributed by atoms with Crippen molar-refractivity contribution in [3.63, 3.8) is 0 Å². The summed E-state index contributed by atoms with van der Waals surface area (Å²) >= 11 is 0. The topological polar surface area (TPSA) is 79.4 Å². The Morgan fingerprint density at radius 3 is 2.44 bits per heavy atom. The van der Waals surface area contributed by atoms with E-state index in [-0.39, 0.29) is 37.1 Å². The van der Waals surface area contributed by atoms with Crippen LogP contribution in [-0.4, -0.2) is 92.0 Å². The van der Waals surface area contributed by atoms with Gasteiger partial charge in [-0.05, 0) is 25.3 Å². The third kappa shape index (κ3) is 4.84. The maximum atomic E-state index is 13.8. The monoisotopic (exact) mass is 471 g/mol. The normalized spacial score (nSPS) is 24.3. The van der Waals surface area contributed by atoms with Gasteiger partial charge in [0.1, 0.15) is 5.75 Å². The van der Waals surface area contributed by atoms with Crippen LogP contribution in [0, 0.1) is 0 Å². The van der Waals surface area contributed by atoms with Crippen LogP contribution in [0.25, 0.3) is 0 Å². The van der Waals surface area contributed by atoms with Gasteiger partial charge in [0.05, 0.1) is 12.5 Å². The highest BCUT2D eigenvalue weighted by Crippen LogP contribution is 2.44. The van der Waals surface area contributed by atoms with Crippen molar-refractivity contribution in [2.75, 3.05) is 53.6 Å². The summed E-state index contributed by atoms with van der Waals surface area (Å²) in [5.41, 5.74) is -0.626. The third-order valence-corrected chi connectivity index (χ3v) is 7.72. The zero-order chi connectivity index (χ0) is 24.1. The van der Waals surface area contributed by atoms with Gasteiger partial charge in [-0.15, -0.1) is 0 Å². The Kier molecular flexibility index (Phi) is 7.88. The quantitative estimate of drug-likeness (QED) is 0.406. The van der Waals surface area contributed by atoms with Gasteiger partial charge < -0.3 is 14.4 Å². The van der Waals surface area contributed by atoms with Crippen LogP contribution in [0.15, 0.2) is 24.3 Å². The van der Waals surface area contributed by atoms with E-state index in [0.29, 0.717) is 43.5 Å². The molecule has 1 unspecified atom stereocenters. The Balaban J connectivity index is 1.54. The molecule has 1 aliphatic carbocycles. The predicted octanol–water partition coefficient (Wildman–Crippen LogP) is 2.21. The molecule has 186 valence electrons. The Bertz CT molecular complexity index is 892. The Hall–Kier alpha value is -2.45. The second-order valence-corrected chi connectivity index (χ2v) is 9.69. The van der Waals surface area contributed by atoms with E-state index in [1.165, 1.54) is 30.6 Å². The van der Waals surface area contributed by atoms with Crippen molar-refractivity contribution in [3.8, 4) is 5.75 Å². The SMILES string of the molecule is COCCCN1C(=O)CC(CC(=O)N2CCN(C3CCCC3)CC2)(c2ccccc2OC)C1=O. The fourth-order valence-electron chi connectivity index (χ4n) is 5.85. The first-order chi connectivity index (χ1) is 16.5. The second-order valence-electron chi connectivity index (χ2n) is 9.69. The molecule has 2 saturated heterocycles. The van der Waals surface area contributed by atoms with Crippen LogP contribution in [0.5, 0.6) is 5.75 Å². The Labute approximate surface area is 202 Å². The molecule has 4 rings (SSSR count). The van der Waals surface area contributed by atoms with Crippen LogP contribution in [0.3, 0.4) is 0 Å². The van der Waals surface area contributed by atoms with Crippen molar-refractivity contribution < 1.29 is 23.9 Å². The highest BCUT2D eigenvalue weighted by atomic mass is 16.5. The van der Waals surface area contributed by atoms with Crippen LogP contribution in [0.4, 0.5) is 0 Å². The molecule has 2 aliphatic heterocycles. The summed E-state index contributed by atoms with van der Waals surface area (Å²) in [6.07, 6.45) is 5.60. The number of carbonyl (C=O) groups excluding carboxylic acids is 3. The Morgan fingerprint density at radius 2 is 1.76 bits per heavy atom. The van der Waals surface area contributed by atoms with Gasteiger partial charge in [-0.2, -0.15) is 0 Å². The van der Waals surface area contributed by atoms with E-state index in [2.05, 4.69) is 4.90 Å².